The lowest BCUT2D eigenvalue weighted by Gasteiger charge is -2.07. The first-order chi connectivity index (χ1) is 5.70. The SMILES string of the molecule is FC(Sc1ccccc1)C(Cl)Cl. The Kier molecular flexibility index (Phi) is 4.19. The normalized spacial score (nSPS) is 13.3. The van der Waals surface area contributed by atoms with E-state index in [4.69, 9.17) is 23.2 Å². The van der Waals surface area contributed by atoms with Gasteiger partial charge in [-0.05, 0) is 12.1 Å². The highest BCUT2D eigenvalue weighted by molar-refractivity contribution is 8.00. The highest BCUT2D eigenvalue weighted by atomic mass is 35.5. The van der Waals surface area contributed by atoms with E-state index >= 15 is 0 Å². The second-order valence-electron chi connectivity index (χ2n) is 2.12. The number of hydrogen-bond donors (Lipinski definition) is 0. The molecule has 4 heteroatoms. The van der Waals surface area contributed by atoms with Gasteiger partial charge in [-0.2, -0.15) is 0 Å². The van der Waals surface area contributed by atoms with Gasteiger partial charge in [-0.1, -0.05) is 30.0 Å². The van der Waals surface area contributed by atoms with E-state index in [9.17, 15) is 4.39 Å². The first-order valence-electron chi connectivity index (χ1n) is 3.34. The number of rotatable bonds is 3. The van der Waals surface area contributed by atoms with Crippen LogP contribution in [0.25, 0.3) is 0 Å². The molecule has 0 aliphatic carbocycles. The third-order valence-electron chi connectivity index (χ3n) is 1.19. The second kappa shape index (κ2) is 4.95. The summed E-state index contributed by atoms with van der Waals surface area (Å²) in [5.41, 5.74) is -1.27. The Balaban J connectivity index is 2.53. The fourth-order valence-electron chi connectivity index (χ4n) is 0.680. The summed E-state index contributed by atoms with van der Waals surface area (Å²) >= 11 is 11.7. The van der Waals surface area contributed by atoms with Crippen LogP contribution in [0.2, 0.25) is 0 Å². The molecule has 0 bridgehead atoms. The lowest BCUT2D eigenvalue weighted by atomic mass is 10.4. The van der Waals surface area contributed by atoms with E-state index < -0.39 is 10.3 Å². The van der Waals surface area contributed by atoms with Crippen LogP contribution >= 0.6 is 35.0 Å². The maximum atomic E-state index is 12.9. The Morgan fingerprint density at radius 2 is 1.75 bits per heavy atom. The van der Waals surface area contributed by atoms with Gasteiger partial charge in [0, 0.05) is 4.90 Å². The molecule has 0 aromatic heterocycles. The highest BCUT2D eigenvalue weighted by Crippen LogP contribution is 2.29. The summed E-state index contributed by atoms with van der Waals surface area (Å²) in [4.78, 5) is -0.147. The maximum absolute atomic E-state index is 12.9. The van der Waals surface area contributed by atoms with Gasteiger partial charge >= 0.3 is 0 Å². The molecule has 0 spiro atoms. The van der Waals surface area contributed by atoms with Crippen LogP contribution in [-0.2, 0) is 0 Å². The van der Waals surface area contributed by atoms with Crippen molar-refractivity contribution in [3.63, 3.8) is 0 Å². The van der Waals surface area contributed by atoms with Gasteiger partial charge in [-0.25, -0.2) is 4.39 Å². The molecule has 0 amide bonds. The predicted molar refractivity (Wildman–Crippen MR) is 52.7 cm³/mol. The predicted octanol–water partition coefficient (Wildman–Crippen LogP) is 3.88. The van der Waals surface area contributed by atoms with Crippen LogP contribution in [0, 0.1) is 0 Å². The van der Waals surface area contributed by atoms with E-state index in [0.29, 0.717) is 0 Å². The molecule has 0 heterocycles. The topological polar surface area (TPSA) is 0 Å². The summed E-state index contributed by atoms with van der Waals surface area (Å²) in [5.74, 6) is 0. The van der Waals surface area contributed by atoms with Crippen LogP contribution < -0.4 is 0 Å². The van der Waals surface area contributed by atoms with Gasteiger partial charge in [0.15, 0.2) is 5.50 Å². The summed E-state index contributed by atoms with van der Waals surface area (Å²) in [5, 5.41) is 0. The first-order valence-corrected chi connectivity index (χ1v) is 5.09. The van der Waals surface area contributed by atoms with E-state index in [1.54, 1.807) is 0 Å². The maximum Gasteiger partial charge on any atom is 0.180 e. The van der Waals surface area contributed by atoms with Crippen molar-refractivity contribution in [1.29, 1.82) is 0 Å². The van der Waals surface area contributed by atoms with E-state index in [2.05, 4.69) is 0 Å². The Bertz CT molecular complexity index is 228. The van der Waals surface area contributed by atoms with Gasteiger partial charge in [-0.3, -0.25) is 0 Å². The van der Waals surface area contributed by atoms with Crippen LogP contribution in [0.4, 0.5) is 4.39 Å². The molecule has 0 saturated heterocycles. The molecule has 66 valence electrons. The second-order valence-corrected chi connectivity index (χ2v) is 4.44. The van der Waals surface area contributed by atoms with E-state index in [1.165, 1.54) is 0 Å². The van der Waals surface area contributed by atoms with Crippen molar-refractivity contribution in [2.75, 3.05) is 0 Å². The van der Waals surface area contributed by atoms with Crippen molar-refractivity contribution in [2.24, 2.45) is 0 Å². The molecule has 1 aromatic rings. The Hall–Kier alpha value is 0.0800. The minimum atomic E-state index is -1.27. The van der Waals surface area contributed by atoms with Gasteiger partial charge in [0.2, 0.25) is 0 Å². The number of thioether (sulfide) groups is 1. The van der Waals surface area contributed by atoms with Gasteiger partial charge in [0.25, 0.3) is 0 Å². The fraction of sp³-hybridized carbons (Fsp3) is 0.250. The summed E-state index contributed by atoms with van der Waals surface area (Å²) < 4.78 is 12.9. The Morgan fingerprint density at radius 1 is 1.17 bits per heavy atom. The third kappa shape index (κ3) is 3.21. The smallest absolute Gasteiger partial charge is 0.180 e. The molecule has 0 saturated carbocycles. The number of benzene rings is 1. The third-order valence-corrected chi connectivity index (χ3v) is 2.97. The van der Waals surface area contributed by atoms with Gasteiger partial charge in [-0.15, -0.1) is 23.2 Å². The molecule has 0 N–H and O–H groups in total. The molecule has 0 aliphatic heterocycles. The minimum Gasteiger partial charge on any atom is -0.232 e. The van der Waals surface area contributed by atoms with E-state index in [0.717, 1.165) is 16.7 Å². The van der Waals surface area contributed by atoms with Crippen LogP contribution in [0.15, 0.2) is 35.2 Å². The molecule has 1 aromatic carbocycles. The standard InChI is InChI=1S/C8H7Cl2FS/c9-7(10)8(11)12-6-4-2-1-3-5-6/h1-5,7-8H. The highest BCUT2D eigenvalue weighted by Gasteiger charge is 2.16. The van der Waals surface area contributed by atoms with Gasteiger partial charge < -0.3 is 0 Å². The number of alkyl halides is 3. The number of hydrogen-bond acceptors (Lipinski definition) is 1. The fourth-order valence-corrected chi connectivity index (χ4v) is 1.67. The van der Waals surface area contributed by atoms with Crippen LogP contribution in [0.3, 0.4) is 0 Å². The van der Waals surface area contributed by atoms with Gasteiger partial charge in [0.05, 0.1) is 0 Å². The average molecular weight is 225 g/mol. The van der Waals surface area contributed by atoms with Crippen molar-refractivity contribution in [1.82, 2.24) is 0 Å². The monoisotopic (exact) mass is 224 g/mol. The van der Waals surface area contributed by atoms with E-state index in [1.807, 2.05) is 30.3 Å². The number of halogens is 3. The minimum absolute atomic E-state index is 0.830. The van der Waals surface area contributed by atoms with Crippen LogP contribution in [0.5, 0.6) is 0 Å². The summed E-state index contributed by atoms with van der Waals surface area (Å²) in [6, 6.07) is 9.18. The van der Waals surface area contributed by atoms with Crippen LogP contribution in [0.1, 0.15) is 0 Å². The Labute approximate surface area is 85.1 Å². The summed E-state index contributed by atoms with van der Waals surface area (Å²) in [6.07, 6.45) is 0. The molecule has 0 radical (unpaired) electrons. The van der Waals surface area contributed by atoms with Crippen LogP contribution in [-0.4, -0.2) is 10.3 Å². The Morgan fingerprint density at radius 3 is 2.25 bits per heavy atom. The molecule has 0 aliphatic rings. The summed E-state index contributed by atoms with van der Waals surface area (Å²) in [7, 11) is 0. The first kappa shape index (κ1) is 10.2. The molecule has 12 heavy (non-hydrogen) atoms. The lowest BCUT2D eigenvalue weighted by Crippen LogP contribution is -2.03. The lowest BCUT2D eigenvalue weighted by molar-refractivity contribution is 0.473. The van der Waals surface area contributed by atoms with Crippen molar-refractivity contribution >= 4 is 35.0 Å². The molecule has 1 atom stereocenters. The van der Waals surface area contributed by atoms with Crippen molar-refractivity contribution in [3.8, 4) is 0 Å². The molecule has 0 nitrogen and oxygen atoms in total. The van der Waals surface area contributed by atoms with Gasteiger partial charge in [0.1, 0.15) is 4.84 Å². The average Bonchev–Trinajstić information content (AvgIpc) is 2.06. The molecule has 0 fully saturated rings. The molecule has 1 unspecified atom stereocenters. The van der Waals surface area contributed by atoms with Crippen molar-refractivity contribution < 1.29 is 4.39 Å². The molecular formula is C8H7Cl2FS. The van der Waals surface area contributed by atoms with Crippen molar-refractivity contribution in [2.45, 2.75) is 15.2 Å². The zero-order valence-corrected chi connectivity index (χ0v) is 8.41. The zero-order chi connectivity index (χ0) is 8.97. The van der Waals surface area contributed by atoms with Crippen molar-refractivity contribution in [3.05, 3.63) is 30.3 Å². The largest absolute Gasteiger partial charge is 0.232 e. The molecule has 1 rings (SSSR count). The quantitative estimate of drug-likeness (QED) is 0.555. The zero-order valence-electron chi connectivity index (χ0n) is 6.08. The molecular weight excluding hydrogens is 218 g/mol. The van der Waals surface area contributed by atoms with E-state index in [-0.39, 0.29) is 0 Å². The summed E-state index contributed by atoms with van der Waals surface area (Å²) in [6.45, 7) is 0.